The van der Waals surface area contributed by atoms with E-state index in [2.05, 4.69) is 0 Å². The molecule has 0 amide bonds. The van der Waals surface area contributed by atoms with E-state index >= 15 is 0 Å². The van der Waals surface area contributed by atoms with E-state index in [4.69, 9.17) is 0 Å². The minimum atomic E-state index is -7.69. The number of hydrogen-bond acceptors (Lipinski definition) is 2. The van der Waals surface area contributed by atoms with Crippen molar-refractivity contribution in [2.45, 2.75) is 41.5 Å². The fourth-order valence-electron chi connectivity index (χ4n) is 1.23. The van der Waals surface area contributed by atoms with Crippen LogP contribution in [0.25, 0.3) is 0 Å². The maximum Gasteiger partial charge on any atom is 0.443 e. The van der Waals surface area contributed by atoms with Crippen LogP contribution in [-0.2, 0) is 0 Å². The Morgan fingerprint density at radius 1 is 0.654 bits per heavy atom. The van der Waals surface area contributed by atoms with Gasteiger partial charge in [-0.15, -0.1) is 0 Å². The molecule has 0 radical (unpaired) electrons. The second-order valence-electron chi connectivity index (χ2n) is 4.51. The molecule has 0 fully saturated rings. The fraction of sp³-hybridized carbons (Fsp3) is 1.00. The third-order valence-corrected chi connectivity index (χ3v) is 3.30. The Bertz CT molecular complexity index is 470. The Kier molecular flexibility index (Phi) is 7.14. The van der Waals surface area contributed by atoms with E-state index in [1.54, 1.807) is 0 Å². The predicted molar refractivity (Wildman–Crippen MR) is 57.3 cm³/mol. The molecule has 0 atom stereocenters. The first kappa shape index (κ1) is 25.3. The second kappa shape index (κ2) is 7.35. The largest absolute Gasteiger partial charge is 0.443 e. The van der Waals surface area contributed by atoms with Crippen molar-refractivity contribution in [1.29, 1.82) is 0 Å². The molecular weight excluding hydrogens is 439 g/mol. The lowest BCUT2D eigenvalue weighted by Gasteiger charge is -2.39. The summed E-state index contributed by atoms with van der Waals surface area (Å²) in [5, 5.41) is 0.872. The SMILES string of the molecule is FC(F)C(F)(F)C(F)(F)C(F)(F)C(F)(F)C(F)(F)CNCSC(F)(F)F. The Hall–Kier alpha value is -0.740. The smallest absolute Gasteiger partial charge is 0.302 e. The van der Waals surface area contributed by atoms with Crippen molar-refractivity contribution in [3.63, 3.8) is 0 Å². The molecular formula is C9H6F15NS. The van der Waals surface area contributed by atoms with Crippen LogP contribution in [0.4, 0.5) is 65.9 Å². The molecule has 0 saturated carbocycles. The molecule has 0 bridgehead atoms. The second-order valence-corrected chi connectivity index (χ2v) is 5.55. The molecule has 17 heteroatoms. The van der Waals surface area contributed by atoms with Gasteiger partial charge in [0, 0.05) is 0 Å². The standard InChI is InChI=1S/C9H6F15NS/c10-3(11)5(14,15)7(18,19)8(20,21)6(16,17)4(12,13)1-25-2-26-9(22,23)24/h3,25H,1-2H2. The van der Waals surface area contributed by atoms with Crippen molar-refractivity contribution in [3.05, 3.63) is 0 Å². The van der Waals surface area contributed by atoms with E-state index in [0.29, 0.717) is 0 Å². The summed E-state index contributed by atoms with van der Waals surface area (Å²) >= 11 is -1.14. The van der Waals surface area contributed by atoms with Crippen LogP contribution in [0.3, 0.4) is 0 Å². The minimum Gasteiger partial charge on any atom is -0.302 e. The lowest BCUT2D eigenvalue weighted by atomic mass is 9.94. The van der Waals surface area contributed by atoms with Gasteiger partial charge in [0.25, 0.3) is 0 Å². The first-order valence-electron chi connectivity index (χ1n) is 5.74. The topological polar surface area (TPSA) is 12.0 Å². The number of halogens is 15. The number of alkyl halides is 15. The molecule has 1 N–H and O–H groups in total. The van der Waals surface area contributed by atoms with Crippen LogP contribution in [0.5, 0.6) is 0 Å². The molecule has 0 aliphatic carbocycles. The molecule has 0 aromatic carbocycles. The summed E-state index contributed by atoms with van der Waals surface area (Å²) in [6, 6.07) is 0. The first-order valence-corrected chi connectivity index (χ1v) is 6.72. The Labute approximate surface area is 138 Å². The Balaban J connectivity index is 5.54. The average Bonchev–Trinajstić information content (AvgIpc) is 2.41. The van der Waals surface area contributed by atoms with Gasteiger partial charge in [0.15, 0.2) is 0 Å². The van der Waals surface area contributed by atoms with Gasteiger partial charge >= 0.3 is 41.5 Å². The fourth-order valence-corrected chi connectivity index (χ4v) is 1.59. The van der Waals surface area contributed by atoms with Crippen molar-refractivity contribution < 1.29 is 65.9 Å². The average molecular weight is 445 g/mol. The zero-order valence-corrected chi connectivity index (χ0v) is 12.4. The highest BCUT2D eigenvalue weighted by Crippen LogP contribution is 2.57. The highest BCUT2D eigenvalue weighted by molar-refractivity contribution is 8.00. The number of thioether (sulfide) groups is 1. The Morgan fingerprint density at radius 2 is 1.08 bits per heavy atom. The predicted octanol–water partition coefficient (Wildman–Crippen LogP) is 5.23. The summed E-state index contributed by atoms with van der Waals surface area (Å²) in [5.41, 5.74) is -5.07. The van der Waals surface area contributed by atoms with Crippen molar-refractivity contribution in [2.75, 3.05) is 12.4 Å². The van der Waals surface area contributed by atoms with Gasteiger partial charge in [0.1, 0.15) is 0 Å². The van der Waals surface area contributed by atoms with Gasteiger partial charge in [-0.2, -0.15) is 57.1 Å². The highest BCUT2D eigenvalue weighted by atomic mass is 32.2. The van der Waals surface area contributed by atoms with Gasteiger partial charge in [-0.3, -0.25) is 0 Å². The van der Waals surface area contributed by atoms with Crippen LogP contribution < -0.4 is 5.32 Å². The third kappa shape index (κ3) is 4.56. The highest BCUT2D eigenvalue weighted by Gasteiger charge is 2.87. The summed E-state index contributed by atoms with van der Waals surface area (Å²) in [4.78, 5) is 0. The van der Waals surface area contributed by atoms with Gasteiger partial charge < -0.3 is 5.32 Å². The number of nitrogens with one attached hydrogen (secondary N) is 1. The minimum absolute atomic E-state index is 0.872. The van der Waals surface area contributed by atoms with Gasteiger partial charge in [-0.25, -0.2) is 8.78 Å². The zero-order valence-electron chi connectivity index (χ0n) is 11.6. The summed E-state index contributed by atoms with van der Waals surface area (Å²) < 4.78 is 188. The van der Waals surface area contributed by atoms with E-state index in [-0.39, 0.29) is 0 Å². The molecule has 0 aromatic heterocycles. The molecule has 26 heavy (non-hydrogen) atoms. The van der Waals surface area contributed by atoms with Crippen LogP contribution in [0.15, 0.2) is 0 Å². The normalized spacial score (nSPS) is 15.7. The number of rotatable bonds is 9. The van der Waals surface area contributed by atoms with E-state index in [0.717, 1.165) is 5.32 Å². The van der Waals surface area contributed by atoms with Gasteiger partial charge in [-0.1, -0.05) is 0 Å². The van der Waals surface area contributed by atoms with E-state index in [1.807, 2.05) is 0 Å². The van der Waals surface area contributed by atoms with Crippen molar-refractivity contribution in [2.24, 2.45) is 0 Å². The van der Waals surface area contributed by atoms with E-state index in [1.165, 1.54) is 0 Å². The van der Waals surface area contributed by atoms with Crippen molar-refractivity contribution in [3.8, 4) is 0 Å². The first-order chi connectivity index (χ1) is 11.2. The summed E-state index contributed by atoms with van der Waals surface area (Å²) in [5.74, 6) is -37.7. The molecule has 0 aromatic rings. The molecule has 0 unspecified atom stereocenters. The quantitative estimate of drug-likeness (QED) is 0.297. The van der Waals surface area contributed by atoms with Gasteiger partial charge in [-0.05, 0) is 11.8 Å². The summed E-state index contributed by atoms with van der Waals surface area (Å²) in [7, 11) is 0. The molecule has 0 saturated heterocycles. The maximum absolute atomic E-state index is 13.1. The van der Waals surface area contributed by atoms with Crippen LogP contribution in [-0.4, -0.2) is 54.0 Å². The van der Waals surface area contributed by atoms with Gasteiger partial charge in [0.05, 0.1) is 12.4 Å². The van der Waals surface area contributed by atoms with Crippen LogP contribution in [0, 0.1) is 0 Å². The van der Waals surface area contributed by atoms with E-state index in [9.17, 15) is 65.9 Å². The molecule has 0 rings (SSSR count). The van der Waals surface area contributed by atoms with Crippen molar-refractivity contribution >= 4 is 11.8 Å². The molecule has 0 aliphatic heterocycles. The third-order valence-electron chi connectivity index (χ3n) is 2.63. The number of hydrogen-bond donors (Lipinski definition) is 1. The molecule has 0 spiro atoms. The molecule has 158 valence electrons. The monoisotopic (exact) mass is 445 g/mol. The summed E-state index contributed by atoms with van der Waals surface area (Å²) in [6.45, 7) is -2.78. The lowest BCUT2D eigenvalue weighted by molar-refractivity contribution is -0.411. The van der Waals surface area contributed by atoms with Crippen LogP contribution >= 0.6 is 11.8 Å². The van der Waals surface area contributed by atoms with E-state index < -0.39 is 65.7 Å². The molecule has 0 heterocycles. The van der Waals surface area contributed by atoms with Gasteiger partial charge in [0.2, 0.25) is 0 Å². The van der Waals surface area contributed by atoms with Crippen LogP contribution in [0.2, 0.25) is 0 Å². The Morgan fingerprint density at radius 3 is 1.42 bits per heavy atom. The molecule has 0 aliphatic rings. The van der Waals surface area contributed by atoms with Crippen LogP contribution in [0.1, 0.15) is 0 Å². The summed E-state index contributed by atoms with van der Waals surface area (Å²) in [6.07, 6.45) is -5.62. The lowest BCUT2D eigenvalue weighted by Crippen LogP contribution is -2.69. The molecule has 1 nitrogen and oxygen atoms in total. The van der Waals surface area contributed by atoms with Crippen molar-refractivity contribution in [1.82, 2.24) is 5.32 Å². The zero-order chi connectivity index (χ0) is 21.4. The maximum atomic E-state index is 13.1.